The fraction of sp³-hybridized carbons (Fsp3) is 0. The molecule has 2 aromatic heterocycles. The van der Waals surface area contributed by atoms with E-state index in [-0.39, 0.29) is 5.69 Å². The van der Waals surface area contributed by atoms with Gasteiger partial charge in [0.25, 0.3) is 0 Å². The molecule has 0 bridgehead atoms. The highest BCUT2D eigenvalue weighted by Crippen LogP contribution is 2.20. The Morgan fingerprint density at radius 1 is 1.67 bits per heavy atom. The van der Waals surface area contributed by atoms with E-state index in [9.17, 15) is 4.79 Å². The summed E-state index contributed by atoms with van der Waals surface area (Å²) in [5.74, 6) is 0. The van der Waals surface area contributed by atoms with Crippen molar-refractivity contribution in [2.24, 2.45) is 0 Å². The molecule has 0 atom stereocenters. The van der Waals surface area contributed by atoms with Gasteiger partial charge in [0.1, 0.15) is 0 Å². The van der Waals surface area contributed by atoms with E-state index in [0.717, 1.165) is 3.79 Å². The zero-order chi connectivity index (χ0) is 8.55. The number of hydrogen-bond acceptors (Lipinski definition) is 3. The standard InChI is InChI=1S/C6H4BrN3OS/c7-4-3-9-6(12-4)10-2-1-8-5(10)11/h1-3H,(H,8,11). The number of nitrogens with one attached hydrogen (secondary N) is 1. The number of aromatic amines is 1. The minimum Gasteiger partial charge on any atom is -0.312 e. The van der Waals surface area contributed by atoms with Crippen molar-refractivity contribution in [1.82, 2.24) is 14.5 Å². The van der Waals surface area contributed by atoms with Crippen LogP contribution in [0.2, 0.25) is 0 Å². The molecular weight excluding hydrogens is 242 g/mol. The monoisotopic (exact) mass is 245 g/mol. The van der Waals surface area contributed by atoms with Crippen molar-refractivity contribution in [3.63, 3.8) is 0 Å². The van der Waals surface area contributed by atoms with E-state index in [0.29, 0.717) is 5.13 Å². The summed E-state index contributed by atoms with van der Waals surface area (Å²) in [6, 6.07) is 0. The topological polar surface area (TPSA) is 50.7 Å². The van der Waals surface area contributed by atoms with Crippen LogP contribution in [-0.2, 0) is 0 Å². The van der Waals surface area contributed by atoms with Crippen LogP contribution in [-0.4, -0.2) is 14.5 Å². The molecule has 2 heterocycles. The van der Waals surface area contributed by atoms with E-state index in [1.165, 1.54) is 15.9 Å². The molecule has 0 aliphatic heterocycles. The Morgan fingerprint density at radius 3 is 3.00 bits per heavy atom. The summed E-state index contributed by atoms with van der Waals surface area (Å²) >= 11 is 4.68. The first kappa shape index (κ1) is 7.75. The summed E-state index contributed by atoms with van der Waals surface area (Å²) < 4.78 is 2.36. The number of imidazole rings is 1. The van der Waals surface area contributed by atoms with Gasteiger partial charge in [0.15, 0.2) is 5.13 Å². The van der Waals surface area contributed by atoms with Crippen LogP contribution >= 0.6 is 27.3 Å². The zero-order valence-electron chi connectivity index (χ0n) is 5.82. The zero-order valence-corrected chi connectivity index (χ0v) is 8.22. The number of thiazole rings is 1. The Morgan fingerprint density at radius 2 is 2.50 bits per heavy atom. The summed E-state index contributed by atoms with van der Waals surface area (Å²) in [6.45, 7) is 0. The van der Waals surface area contributed by atoms with Crippen molar-refractivity contribution in [3.05, 3.63) is 32.9 Å². The quantitative estimate of drug-likeness (QED) is 0.826. The van der Waals surface area contributed by atoms with Crippen molar-refractivity contribution in [2.45, 2.75) is 0 Å². The van der Waals surface area contributed by atoms with E-state index >= 15 is 0 Å². The normalized spacial score (nSPS) is 10.4. The van der Waals surface area contributed by atoms with Gasteiger partial charge in [-0.3, -0.25) is 0 Å². The lowest BCUT2D eigenvalue weighted by molar-refractivity contribution is 0.970. The van der Waals surface area contributed by atoms with Gasteiger partial charge in [-0.25, -0.2) is 14.3 Å². The Hall–Kier alpha value is -0.880. The molecule has 2 aromatic rings. The lowest BCUT2D eigenvalue weighted by Crippen LogP contribution is -2.13. The second kappa shape index (κ2) is 2.87. The fourth-order valence-corrected chi connectivity index (χ4v) is 1.99. The number of halogens is 1. The van der Waals surface area contributed by atoms with Gasteiger partial charge in [-0.2, -0.15) is 0 Å². The second-order valence-electron chi connectivity index (χ2n) is 2.08. The van der Waals surface area contributed by atoms with Gasteiger partial charge in [-0.15, -0.1) is 0 Å². The summed E-state index contributed by atoms with van der Waals surface area (Å²) in [5.41, 5.74) is -0.170. The molecule has 0 amide bonds. The molecule has 0 aliphatic carbocycles. The first-order valence-electron chi connectivity index (χ1n) is 3.15. The molecule has 4 nitrogen and oxygen atoms in total. The predicted molar refractivity (Wildman–Crippen MR) is 49.8 cm³/mol. The van der Waals surface area contributed by atoms with Crippen LogP contribution in [0.15, 0.2) is 27.2 Å². The third kappa shape index (κ3) is 1.23. The number of H-pyrrole nitrogens is 1. The molecule has 0 fully saturated rings. The Kier molecular flexibility index (Phi) is 1.86. The van der Waals surface area contributed by atoms with E-state index in [2.05, 4.69) is 25.9 Å². The molecule has 0 saturated carbocycles. The minimum absolute atomic E-state index is 0.170. The van der Waals surface area contributed by atoms with Gasteiger partial charge in [0.05, 0.1) is 9.98 Å². The van der Waals surface area contributed by atoms with Crippen molar-refractivity contribution >= 4 is 27.3 Å². The van der Waals surface area contributed by atoms with Crippen molar-refractivity contribution in [3.8, 4) is 5.13 Å². The van der Waals surface area contributed by atoms with E-state index in [4.69, 9.17) is 0 Å². The van der Waals surface area contributed by atoms with Crippen molar-refractivity contribution in [2.75, 3.05) is 0 Å². The third-order valence-corrected chi connectivity index (χ3v) is 2.80. The largest absolute Gasteiger partial charge is 0.331 e. The number of rotatable bonds is 1. The highest BCUT2D eigenvalue weighted by molar-refractivity contribution is 9.11. The SMILES string of the molecule is O=c1[nH]ccn1-c1ncc(Br)s1. The van der Waals surface area contributed by atoms with Crippen LogP contribution in [0.25, 0.3) is 5.13 Å². The number of nitrogens with zero attached hydrogens (tertiary/aromatic N) is 2. The maximum Gasteiger partial charge on any atom is 0.331 e. The highest BCUT2D eigenvalue weighted by Gasteiger charge is 2.03. The first-order valence-corrected chi connectivity index (χ1v) is 4.76. The summed E-state index contributed by atoms with van der Waals surface area (Å²) in [7, 11) is 0. The average molecular weight is 246 g/mol. The Balaban J connectivity index is 2.58. The molecule has 62 valence electrons. The molecule has 12 heavy (non-hydrogen) atoms. The van der Waals surface area contributed by atoms with Crippen LogP contribution in [0.1, 0.15) is 0 Å². The molecule has 0 aliphatic rings. The van der Waals surface area contributed by atoms with E-state index < -0.39 is 0 Å². The van der Waals surface area contributed by atoms with E-state index in [1.54, 1.807) is 18.6 Å². The van der Waals surface area contributed by atoms with E-state index in [1.807, 2.05) is 0 Å². The fourth-order valence-electron chi connectivity index (χ4n) is 0.828. The van der Waals surface area contributed by atoms with Crippen LogP contribution < -0.4 is 5.69 Å². The molecule has 0 radical (unpaired) electrons. The summed E-state index contributed by atoms with van der Waals surface area (Å²) in [6.07, 6.45) is 4.89. The van der Waals surface area contributed by atoms with Gasteiger partial charge < -0.3 is 4.98 Å². The third-order valence-electron chi connectivity index (χ3n) is 1.32. The lowest BCUT2D eigenvalue weighted by atomic mass is 10.9. The molecule has 1 N–H and O–H groups in total. The molecular formula is C6H4BrN3OS. The molecule has 2 rings (SSSR count). The molecule has 0 saturated heterocycles. The highest BCUT2D eigenvalue weighted by atomic mass is 79.9. The Bertz CT molecular complexity index is 443. The predicted octanol–water partition coefficient (Wildman–Crippen LogP) is 1.38. The van der Waals surface area contributed by atoms with Crippen LogP contribution in [0.3, 0.4) is 0 Å². The van der Waals surface area contributed by atoms with Gasteiger partial charge in [0.2, 0.25) is 0 Å². The summed E-state index contributed by atoms with van der Waals surface area (Å²) in [5, 5.41) is 0.660. The smallest absolute Gasteiger partial charge is 0.312 e. The first-order chi connectivity index (χ1) is 5.77. The maximum atomic E-state index is 11.1. The average Bonchev–Trinajstić information content (AvgIpc) is 2.58. The second-order valence-corrected chi connectivity index (χ2v) is 4.47. The van der Waals surface area contributed by atoms with Crippen molar-refractivity contribution < 1.29 is 0 Å². The molecule has 0 spiro atoms. The van der Waals surface area contributed by atoms with Gasteiger partial charge in [-0.05, 0) is 15.9 Å². The minimum atomic E-state index is -0.170. The maximum absolute atomic E-state index is 11.1. The van der Waals surface area contributed by atoms with Crippen LogP contribution in [0, 0.1) is 0 Å². The molecule has 0 unspecified atom stereocenters. The van der Waals surface area contributed by atoms with Crippen LogP contribution in [0.4, 0.5) is 0 Å². The Labute approximate surface area is 80.0 Å². The van der Waals surface area contributed by atoms with Gasteiger partial charge in [-0.1, -0.05) is 11.3 Å². The van der Waals surface area contributed by atoms with Gasteiger partial charge >= 0.3 is 5.69 Å². The van der Waals surface area contributed by atoms with Crippen LogP contribution in [0.5, 0.6) is 0 Å². The summed E-state index contributed by atoms with van der Waals surface area (Å²) in [4.78, 5) is 17.7. The lowest BCUT2D eigenvalue weighted by Gasteiger charge is -1.89. The number of hydrogen-bond donors (Lipinski definition) is 1. The van der Waals surface area contributed by atoms with Crippen molar-refractivity contribution in [1.29, 1.82) is 0 Å². The molecule has 0 aromatic carbocycles. The van der Waals surface area contributed by atoms with Gasteiger partial charge in [0, 0.05) is 12.4 Å². The number of aromatic nitrogens is 3. The molecule has 6 heteroatoms.